The van der Waals surface area contributed by atoms with Gasteiger partial charge in [-0.05, 0) is 48.5 Å². The van der Waals surface area contributed by atoms with Crippen molar-refractivity contribution in [3.05, 3.63) is 65.0 Å². The van der Waals surface area contributed by atoms with Gasteiger partial charge in [-0.25, -0.2) is 9.37 Å². The van der Waals surface area contributed by atoms with Gasteiger partial charge in [0, 0.05) is 15.7 Å². The number of carbonyl (C=O) groups excluding carboxylic acids is 1. The van der Waals surface area contributed by atoms with Crippen molar-refractivity contribution < 1.29 is 13.6 Å². The lowest BCUT2D eigenvalue weighted by molar-refractivity contribution is -0.113. The molecule has 0 saturated carbocycles. The second kappa shape index (κ2) is 7.63. The molecular formula is C17H12BrFN2O2S. The number of nitrogens with zero attached hydrogens (tertiary/aromatic N) is 1. The summed E-state index contributed by atoms with van der Waals surface area (Å²) < 4.78 is 19.4. The van der Waals surface area contributed by atoms with Gasteiger partial charge in [0.2, 0.25) is 5.91 Å². The quantitative estimate of drug-likeness (QED) is 0.607. The number of rotatable bonds is 5. The van der Waals surface area contributed by atoms with Crippen molar-refractivity contribution in [3.63, 3.8) is 0 Å². The summed E-state index contributed by atoms with van der Waals surface area (Å²) in [5.41, 5.74) is 1.46. The van der Waals surface area contributed by atoms with Gasteiger partial charge in [-0.2, -0.15) is 0 Å². The monoisotopic (exact) mass is 406 g/mol. The first-order chi connectivity index (χ1) is 11.6. The lowest BCUT2D eigenvalue weighted by atomic mass is 10.2. The first-order valence-electron chi connectivity index (χ1n) is 7.00. The zero-order valence-corrected chi connectivity index (χ0v) is 14.7. The Labute approximate surface area is 150 Å². The predicted molar refractivity (Wildman–Crippen MR) is 95.4 cm³/mol. The number of nitrogens with one attached hydrogen (secondary N) is 1. The smallest absolute Gasteiger partial charge is 0.256 e. The zero-order valence-electron chi connectivity index (χ0n) is 12.3. The molecule has 3 aromatic rings. The van der Waals surface area contributed by atoms with Gasteiger partial charge in [0.15, 0.2) is 5.76 Å². The van der Waals surface area contributed by atoms with Gasteiger partial charge in [-0.3, -0.25) is 4.79 Å². The number of carbonyl (C=O) groups is 1. The van der Waals surface area contributed by atoms with Crippen LogP contribution in [-0.2, 0) is 4.79 Å². The number of halogens is 2. The first-order valence-corrected chi connectivity index (χ1v) is 8.78. The van der Waals surface area contributed by atoms with Crippen LogP contribution in [0.3, 0.4) is 0 Å². The van der Waals surface area contributed by atoms with Crippen molar-refractivity contribution in [1.29, 1.82) is 0 Å². The number of aromatic nitrogens is 1. The molecule has 2 aromatic carbocycles. The molecular weight excluding hydrogens is 395 g/mol. The lowest BCUT2D eigenvalue weighted by Gasteiger charge is -2.03. The number of oxazole rings is 1. The van der Waals surface area contributed by atoms with Crippen molar-refractivity contribution in [3.8, 4) is 11.3 Å². The summed E-state index contributed by atoms with van der Waals surface area (Å²) in [5.74, 6) is 0.256. The second-order valence-electron chi connectivity index (χ2n) is 4.84. The summed E-state index contributed by atoms with van der Waals surface area (Å²) in [4.78, 5) is 16.1. The van der Waals surface area contributed by atoms with Gasteiger partial charge in [-0.15, -0.1) is 0 Å². The summed E-state index contributed by atoms with van der Waals surface area (Å²) in [5, 5.41) is 3.18. The van der Waals surface area contributed by atoms with Gasteiger partial charge in [0.1, 0.15) is 5.82 Å². The van der Waals surface area contributed by atoms with Gasteiger partial charge >= 0.3 is 0 Å². The summed E-state index contributed by atoms with van der Waals surface area (Å²) >= 11 is 4.54. The summed E-state index contributed by atoms with van der Waals surface area (Å²) in [6.07, 6.45) is 1.56. The SMILES string of the molecule is O=C(CSc1ncc(-c2ccc(F)cc2)o1)Nc1ccc(Br)cc1. The van der Waals surface area contributed by atoms with Crippen LogP contribution in [0.1, 0.15) is 0 Å². The minimum atomic E-state index is -0.308. The highest BCUT2D eigenvalue weighted by Crippen LogP contribution is 2.25. The molecule has 1 heterocycles. The largest absolute Gasteiger partial charge is 0.431 e. The van der Waals surface area contributed by atoms with Crippen LogP contribution in [0.4, 0.5) is 10.1 Å². The van der Waals surface area contributed by atoms with Crippen LogP contribution in [0, 0.1) is 5.82 Å². The molecule has 1 N–H and O–H groups in total. The third-order valence-electron chi connectivity index (χ3n) is 3.07. The number of anilines is 1. The fraction of sp³-hybridized carbons (Fsp3) is 0.0588. The van der Waals surface area contributed by atoms with E-state index < -0.39 is 0 Å². The van der Waals surface area contributed by atoms with Crippen molar-refractivity contribution in [1.82, 2.24) is 4.98 Å². The van der Waals surface area contributed by atoms with Crippen molar-refractivity contribution in [2.45, 2.75) is 5.22 Å². The third-order valence-corrected chi connectivity index (χ3v) is 4.44. The van der Waals surface area contributed by atoms with Crippen molar-refractivity contribution in [2.75, 3.05) is 11.1 Å². The van der Waals surface area contributed by atoms with E-state index in [1.807, 2.05) is 24.3 Å². The van der Waals surface area contributed by atoms with Crippen LogP contribution in [0.5, 0.6) is 0 Å². The van der Waals surface area contributed by atoms with Crippen LogP contribution in [-0.4, -0.2) is 16.6 Å². The molecule has 4 nitrogen and oxygen atoms in total. The van der Waals surface area contributed by atoms with Crippen LogP contribution in [0.25, 0.3) is 11.3 Å². The molecule has 1 aromatic heterocycles. The molecule has 7 heteroatoms. The molecule has 122 valence electrons. The normalized spacial score (nSPS) is 10.6. The standard InChI is InChI=1S/C17H12BrFN2O2S/c18-12-3-7-14(8-4-12)21-16(22)10-24-17-20-9-15(23-17)11-1-5-13(19)6-2-11/h1-9H,10H2,(H,21,22). The maximum absolute atomic E-state index is 12.9. The maximum Gasteiger partial charge on any atom is 0.256 e. The number of thioether (sulfide) groups is 1. The average Bonchev–Trinajstić information content (AvgIpc) is 3.05. The van der Waals surface area contributed by atoms with E-state index >= 15 is 0 Å². The van der Waals surface area contributed by atoms with E-state index in [4.69, 9.17) is 4.42 Å². The highest BCUT2D eigenvalue weighted by Gasteiger charge is 2.10. The highest BCUT2D eigenvalue weighted by atomic mass is 79.9. The number of amides is 1. The molecule has 0 bridgehead atoms. The Bertz CT molecular complexity index is 835. The van der Waals surface area contributed by atoms with E-state index in [-0.39, 0.29) is 17.5 Å². The van der Waals surface area contributed by atoms with Gasteiger partial charge in [-0.1, -0.05) is 27.7 Å². The van der Waals surface area contributed by atoms with Gasteiger partial charge in [0.25, 0.3) is 5.22 Å². The van der Waals surface area contributed by atoms with Crippen molar-refractivity contribution >= 4 is 39.3 Å². The third kappa shape index (κ3) is 4.46. The fourth-order valence-corrected chi connectivity index (χ4v) is 2.80. The Balaban J connectivity index is 1.56. The maximum atomic E-state index is 12.9. The summed E-state index contributed by atoms with van der Waals surface area (Å²) in [6.45, 7) is 0. The minimum Gasteiger partial charge on any atom is -0.431 e. The van der Waals surface area contributed by atoms with Crippen LogP contribution in [0.2, 0.25) is 0 Å². The second-order valence-corrected chi connectivity index (χ2v) is 6.68. The molecule has 0 aliphatic carbocycles. The zero-order chi connectivity index (χ0) is 16.9. The number of hydrogen-bond acceptors (Lipinski definition) is 4. The molecule has 0 atom stereocenters. The Kier molecular flexibility index (Phi) is 5.32. The molecule has 0 radical (unpaired) electrons. The Morgan fingerprint density at radius 3 is 2.58 bits per heavy atom. The van der Waals surface area contributed by atoms with E-state index in [9.17, 15) is 9.18 Å². The summed E-state index contributed by atoms with van der Waals surface area (Å²) in [6, 6.07) is 13.3. The molecule has 0 unspecified atom stereocenters. The highest BCUT2D eigenvalue weighted by molar-refractivity contribution is 9.10. The Morgan fingerprint density at radius 2 is 1.88 bits per heavy atom. The van der Waals surface area contributed by atoms with E-state index in [0.717, 1.165) is 15.7 Å². The molecule has 3 rings (SSSR count). The van der Waals surface area contributed by atoms with E-state index in [0.29, 0.717) is 11.0 Å². The molecule has 0 saturated heterocycles. The molecule has 24 heavy (non-hydrogen) atoms. The van der Waals surface area contributed by atoms with Gasteiger partial charge in [0.05, 0.1) is 11.9 Å². The molecule has 1 amide bonds. The minimum absolute atomic E-state index is 0.149. The summed E-state index contributed by atoms with van der Waals surface area (Å²) in [7, 11) is 0. The predicted octanol–water partition coefficient (Wildman–Crippen LogP) is 4.97. The molecule has 0 spiro atoms. The van der Waals surface area contributed by atoms with Crippen molar-refractivity contribution in [2.24, 2.45) is 0 Å². The van der Waals surface area contributed by atoms with Crippen LogP contribution < -0.4 is 5.32 Å². The number of benzene rings is 2. The lowest BCUT2D eigenvalue weighted by Crippen LogP contribution is -2.13. The number of hydrogen-bond donors (Lipinski definition) is 1. The Morgan fingerprint density at radius 1 is 1.17 bits per heavy atom. The van der Waals surface area contributed by atoms with E-state index in [1.54, 1.807) is 18.3 Å². The van der Waals surface area contributed by atoms with Gasteiger partial charge < -0.3 is 9.73 Å². The molecule has 0 aliphatic heterocycles. The fourth-order valence-electron chi connectivity index (χ4n) is 1.93. The molecule has 0 fully saturated rings. The average molecular weight is 407 g/mol. The molecule has 0 aliphatic rings. The van der Waals surface area contributed by atoms with E-state index in [1.165, 1.54) is 23.9 Å². The first kappa shape index (κ1) is 16.7. The Hall–Kier alpha value is -2.12. The van der Waals surface area contributed by atoms with Crippen LogP contribution >= 0.6 is 27.7 Å². The topological polar surface area (TPSA) is 55.1 Å². The van der Waals surface area contributed by atoms with Crippen LogP contribution in [0.15, 0.2) is 68.8 Å². The van der Waals surface area contributed by atoms with E-state index in [2.05, 4.69) is 26.2 Å².